The summed E-state index contributed by atoms with van der Waals surface area (Å²) in [4.78, 5) is 63.0. The minimum absolute atomic E-state index is 0.0444. The summed E-state index contributed by atoms with van der Waals surface area (Å²) in [5.74, 6) is -3.00. The molecule has 2 aromatic rings. The number of fused-ring (bicyclic) bond motifs is 1. The van der Waals surface area contributed by atoms with Gasteiger partial charge < -0.3 is 24.6 Å². The van der Waals surface area contributed by atoms with E-state index in [2.05, 4.69) is 54.9 Å². The lowest BCUT2D eigenvalue weighted by Gasteiger charge is -2.48. The maximum Gasteiger partial charge on any atom is 0.414 e. The number of rotatable bonds is 10. The van der Waals surface area contributed by atoms with Gasteiger partial charge >= 0.3 is 11.9 Å². The van der Waals surface area contributed by atoms with Crippen LogP contribution in [0.4, 0.5) is 0 Å². The van der Waals surface area contributed by atoms with Gasteiger partial charge in [0.05, 0.1) is 0 Å². The number of likely N-dealkylation sites (tertiary alicyclic amines) is 2. The van der Waals surface area contributed by atoms with Crippen molar-refractivity contribution in [2.45, 2.75) is 94.9 Å². The van der Waals surface area contributed by atoms with Crippen LogP contribution in [0.1, 0.15) is 65.9 Å². The molecule has 1 unspecified atom stereocenters. The molecule has 0 spiro atoms. The van der Waals surface area contributed by atoms with Gasteiger partial charge in [-0.2, -0.15) is 0 Å². The fraction of sp³-hybridized carbons (Fsp3) is 0.528. The Hall–Kier alpha value is -4.07. The van der Waals surface area contributed by atoms with Gasteiger partial charge in [-0.3, -0.25) is 24.2 Å². The first-order chi connectivity index (χ1) is 23.3. The molecule has 49 heavy (non-hydrogen) atoms. The molecule has 2 saturated heterocycles. The lowest BCUT2D eigenvalue weighted by atomic mass is 9.84. The van der Waals surface area contributed by atoms with Crippen LogP contribution >= 0.6 is 0 Å². The second-order valence-electron chi connectivity index (χ2n) is 14.5. The minimum atomic E-state index is -1.82. The molecule has 2 aromatic carbocycles. The van der Waals surface area contributed by atoms with E-state index in [9.17, 15) is 14.4 Å². The van der Waals surface area contributed by atoms with Crippen molar-refractivity contribution in [3.63, 3.8) is 0 Å². The first-order valence-corrected chi connectivity index (χ1v) is 20.8. The number of carbonyl (C=O) groups excluding carboxylic acids is 3. The molecule has 3 amide bonds. The normalized spacial score (nSPS) is 23.0. The zero-order valence-electron chi connectivity index (χ0n) is 28.5. The Morgan fingerprint density at radius 3 is 2.29 bits per heavy atom. The maximum absolute atomic E-state index is 13.4. The zero-order valence-corrected chi connectivity index (χ0v) is 29.5. The van der Waals surface area contributed by atoms with Crippen molar-refractivity contribution in [1.29, 1.82) is 0 Å². The van der Waals surface area contributed by atoms with Gasteiger partial charge in [-0.25, -0.2) is 9.59 Å². The van der Waals surface area contributed by atoms with E-state index in [1.54, 1.807) is 4.90 Å². The second-order valence-corrected chi connectivity index (χ2v) is 20.1. The van der Waals surface area contributed by atoms with Gasteiger partial charge in [-0.05, 0) is 61.1 Å². The van der Waals surface area contributed by atoms with E-state index in [-0.39, 0.29) is 37.0 Å². The summed E-state index contributed by atoms with van der Waals surface area (Å²) >= 11 is 0. The molecular weight excluding hydrogens is 646 g/mol. The van der Waals surface area contributed by atoms with Crippen LogP contribution in [0.3, 0.4) is 0 Å². The highest BCUT2D eigenvalue weighted by molar-refractivity contribution is 6.76. The van der Waals surface area contributed by atoms with Crippen LogP contribution in [0.2, 0.25) is 25.7 Å². The van der Waals surface area contributed by atoms with Crippen molar-refractivity contribution in [1.82, 2.24) is 14.7 Å². The van der Waals surface area contributed by atoms with Crippen LogP contribution in [0.15, 0.2) is 48.5 Å². The molecule has 3 aliphatic heterocycles. The van der Waals surface area contributed by atoms with E-state index >= 15 is 0 Å². The van der Waals surface area contributed by atoms with Gasteiger partial charge in [-0.15, -0.1) is 0 Å². The summed E-state index contributed by atoms with van der Waals surface area (Å²) in [5.41, 5.74) is 2.91. The monoisotopic (exact) mass is 693 g/mol. The third-order valence-corrected chi connectivity index (χ3v) is 11.5. The smallest absolute Gasteiger partial charge is 0.414 e. The Morgan fingerprint density at radius 1 is 0.918 bits per heavy atom. The van der Waals surface area contributed by atoms with E-state index in [0.29, 0.717) is 37.1 Å². The number of imide groups is 1. The molecule has 3 atom stereocenters. The lowest BCUT2D eigenvalue weighted by Crippen LogP contribution is -2.57. The highest BCUT2D eigenvalue weighted by atomic mass is 28.3. The average Bonchev–Trinajstić information content (AvgIpc) is 3.36. The first-order valence-electron chi connectivity index (χ1n) is 17.1. The van der Waals surface area contributed by atoms with E-state index in [4.69, 9.17) is 29.3 Å². The molecule has 13 heteroatoms. The van der Waals surface area contributed by atoms with Gasteiger partial charge in [0.25, 0.3) is 11.8 Å². The van der Waals surface area contributed by atoms with Crippen molar-refractivity contribution in [3.8, 4) is 5.75 Å². The van der Waals surface area contributed by atoms with Crippen molar-refractivity contribution < 1.29 is 43.7 Å². The van der Waals surface area contributed by atoms with E-state index in [1.807, 2.05) is 18.2 Å². The Kier molecular flexibility index (Phi) is 11.6. The van der Waals surface area contributed by atoms with Crippen LogP contribution in [-0.4, -0.2) is 107 Å². The molecule has 264 valence electrons. The highest BCUT2D eigenvalue weighted by Gasteiger charge is 2.43. The SMILES string of the molecule is C[Si](C)(C)CCOCN1C(=O)CCC(N2Cc3cc(O[C@H]4CCCC[C@@H]4N4CC(c5ccccc5)C4)ccc3C2=O)C1=O.O=C(O)C(=O)O. The van der Waals surface area contributed by atoms with Crippen molar-refractivity contribution in [2.24, 2.45) is 0 Å². The molecule has 12 nitrogen and oxygen atoms in total. The molecular formula is C36H47N3O9Si. The number of carbonyl (C=O) groups is 5. The second kappa shape index (κ2) is 15.6. The lowest BCUT2D eigenvalue weighted by molar-refractivity contribution is -0.159. The van der Waals surface area contributed by atoms with Gasteiger partial charge in [-0.1, -0.05) is 56.4 Å². The highest BCUT2D eigenvalue weighted by Crippen LogP contribution is 2.37. The zero-order chi connectivity index (χ0) is 35.3. The largest absolute Gasteiger partial charge is 0.489 e. The predicted octanol–water partition coefficient (Wildman–Crippen LogP) is 4.42. The van der Waals surface area contributed by atoms with Gasteiger partial charge in [0.15, 0.2) is 0 Å². The molecule has 0 bridgehead atoms. The van der Waals surface area contributed by atoms with Crippen molar-refractivity contribution in [2.75, 3.05) is 26.4 Å². The molecule has 0 aromatic heterocycles. The number of nitrogens with zero attached hydrogens (tertiary/aromatic N) is 3. The summed E-state index contributed by atoms with van der Waals surface area (Å²) in [7, 11) is -1.28. The van der Waals surface area contributed by atoms with Crippen LogP contribution in [0.25, 0.3) is 0 Å². The minimum Gasteiger partial charge on any atom is -0.489 e. The standard InChI is InChI=1S/C34H45N3O5Si.C2H2O4/c1-43(2,3)18-17-41-23-37-32(38)16-15-30(34(37)40)36-22-25-19-27(13-14-28(25)33(36)39)42-31-12-8-7-11-29(31)35-20-26(21-35)24-9-5-4-6-10-24;3-1(4)2(5)6/h4-6,9-10,13-14,19,26,29-31H,7-8,11-12,15-18,20-23H2,1-3H3;(H,3,4)(H,5,6)/t29-,30?,31-;/m0./s1. The van der Waals surface area contributed by atoms with Crippen LogP contribution in [0.5, 0.6) is 5.75 Å². The first kappa shape index (κ1) is 36.2. The average molecular weight is 694 g/mol. The van der Waals surface area contributed by atoms with E-state index in [0.717, 1.165) is 49.7 Å². The number of amides is 3. The predicted molar refractivity (Wildman–Crippen MR) is 183 cm³/mol. The molecule has 4 aliphatic rings. The Morgan fingerprint density at radius 2 is 1.61 bits per heavy atom. The number of carboxylic acids is 2. The number of hydrogen-bond donors (Lipinski definition) is 2. The van der Waals surface area contributed by atoms with Crippen LogP contribution in [0, 0.1) is 0 Å². The molecule has 6 rings (SSSR count). The third-order valence-electron chi connectivity index (χ3n) is 9.77. The van der Waals surface area contributed by atoms with Crippen molar-refractivity contribution >= 4 is 37.7 Å². The molecule has 2 N–H and O–H groups in total. The fourth-order valence-electron chi connectivity index (χ4n) is 6.95. The number of piperidine rings is 1. The third kappa shape index (κ3) is 8.94. The molecule has 0 radical (unpaired) electrons. The summed E-state index contributed by atoms with van der Waals surface area (Å²) in [6, 6.07) is 17.2. The van der Waals surface area contributed by atoms with E-state index < -0.39 is 26.1 Å². The van der Waals surface area contributed by atoms with Crippen LogP contribution < -0.4 is 4.74 Å². The Balaban J connectivity index is 0.000000717. The Bertz CT molecular complexity index is 1530. The number of benzene rings is 2. The van der Waals surface area contributed by atoms with Gasteiger partial charge in [0.2, 0.25) is 5.91 Å². The quantitative estimate of drug-likeness (QED) is 0.158. The number of aliphatic carboxylic acids is 2. The van der Waals surface area contributed by atoms with Gasteiger partial charge in [0, 0.05) is 58.3 Å². The fourth-order valence-corrected chi connectivity index (χ4v) is 7.71. The van der Waals surface area contributed by atoms with E-state index in [1.165, 1.54) is 16.9 Å². The number of carboxylic acid groups (broad SMARTS) is 2. The summed E-state index contributed by atoms with van der Waals surface area (Å²) in [6.45, 7) is 9.76. The molecule has 1 aliphatic carbocycles. The molecule has 3 fully saturated rings. The van der Waals surface area contributed by atoms with Gasteiger partial charge in [0.1, 0.15) is 24.6 Å². The molecule has 1 saturated carbocycles. The number of hydrogen-bond acceptors (Lipinski definition) is 8. The molecule has 3 heterocycles. The Labute approximate surface area is 288 Å². The summed E-state index contributed by atoms with van der Waals surface area (Å²) < 4.78 is 12.4. The maximum atomic E-state index is 13.4. The van der Waals surface area contributed by atoms with Crippen molar-refractivity contribution in [3.05, 3.63) is 65.2 Å². The topological polar surface area (TPSA) is 154 Å². The van der Waals surface area contributed by atoms with Crippen LogP contribution in [-0.2, 0) is 30.5 Å². The number of ether oxygens (including phenoxy) is 2. The summed E-state index contributed by atoms with van der Waals surface area (Å²) in [6.07, 6.45) is 5.25. The summed E-state index contributed by atoms with van der Waals surface area (Å²) in [5, 5.41) is 14.8.